The molecule has 1 heterocycles. The van der Waals surface area contributed by atoms with Gasteiger partial charge in [-0.25, -0.2) is 4.68 Å². The Balaban J connectivity index is 1.71. The van der Waals surface area contributed by atoms with Crippen molar-refractivity contribution in [2.75, 3.05) is 6.61 Å². The summed E-state index contributed by atoms with van der Waals surface area (Å²) >= 11 is 5.80. The predicted molar refractivity (Wildman–Crippen MR) is 69.0 cm³/mol. The second kappa shape index (κ2) is 6.49. The molecule has 5 nitrogen and oxygen atoms in total. The van der Waals surface area contributed by atoms with E-state index in [1.165, 1.54) is 0 Å². The zero-order chi connectivity index (χ0) is 12.8. The van der Waals surface area contributed by atoms with Crippen LogP contribution in [0, 0.1) is 0 Å². The van der Waals surface area contributed by atoms with Crippen molar-refractivity contribution in [1.29, 1.82) is 0 Å². The summed E-state index contributed by atoms with van der Waals surface area (Å²) in [5.74, 6) is 0. The lowest BCUT2D eigenvalue weighted by atomic mass is 10.2. The van der Waals surface area contributed by atoms with Crippen LogP contribution in [0.1, 0.15) is 11.3 Å². The second-order valence-electron chi connectivity index (χ2n) is 3.86. The van der Waals surface area contributed by atoms with Gasteiger partial charge in [0.2, 0.25) is 0 Å². The Labute approximate surface area is 111 Å². The molecule has 0 saturated heterocycles. The van der Waals surface area contributed by atoms with Crippen molar-refractivity contribution in [3.8, 4) is 0 Å². The first-order valence-corrected chi connectivity index (χ1v) is 6.07. The Morgan fingerprint density at radius 2 is 2.06 bits per heavy atom. The molecule has 2 N–H and O–H groups in total. The van der Waals surface area contributed by atoms with Gasteiger partial charge in [0.25, 0.3) is 0 Å². The molecule has 96 valence electrons. The van der Waals surface area contributed by atoms with E-state index in [0.717, 1.165) is 16.3 Å². The molecule has 0 amide bonds. The number of hydrogen-bond donors (Lipinski definition) is 1. The van der Waals surface area contributed by atoms with Gasteiger partial charge in [0.05, 0.1) is 25.5 Å². The van der Waals surface area contributed by atoms with Crippen LogP contribution in [0.2, 0.25) is 5.02 Å². The van der Waals surface area contributed by atoms with E-state index in [-0.39, 0.29) is 0 Å². The number of hydrogen-bond acceptors (Lipinski definition) is 4. The van der Waals surface area contributed by atoms with Crippen molar-refractivity contribution in [2.45, 2.75) is 19.7 Å². The van der Waals surface area contributed by atoms with Crippen LogP contribution in [0.25, 0.3) is 0 Å². The minimum Gasteiger partial charge on any atom is -0.375 e. The van der Waals surface area contributed by atoms with E-state index in [1.807, 2.05) is 30.5 Å². The summed E-state index contributed by atoms with van der Waals surface area (Å²) in [7, 11) is 0. The molecule has 0 aliphatic rings. The summed E-state index contributed by atoms with van der Waals surface area (Å²) in [4.78, 5) is 0. The molecule has 18 heavy (non-hydrogen) atoms. The number of halogens is 1. The molecule has 0 aliphatic heterocycles. The van der Waals surface area contributed by atoms with Crippen LogP contribution in [0.3, 0.4) is 0 Å². The highest BCUT2D eigenvalue weighted by Crippen LogP contribution is 2.10. The molecule has 0 atom stereocenters. The number of nitrogens with two attached hydrogens (primary N) is 1. The lowest BCUT2D eigenvalue weighted by Gasteiger charge is -2.04. The van der Waals surface area contributed by atoms with E-state index in [1.54, 1.807) is 4.68 Å². The maximum Gasteiger partial charge on any atom is 0.0962 e. The van der Waals surface area contributed by atoms with Crippen molar-refractivity contribution in [3.05, 3.63) is 46.7 Å². The summed E-state index contributed by atoms with van der Waals surface area (Å²) in [6, 6.07) is 7.60. The second-order valence-corrected chi connectivity index (χ2v) is 4.29. The van der Waals surface area contributed by atoms with Gasteiger partial charge in [-0.05, 0) is 17.7 Å². The summed E-state index contributed by atoms with van der Waals surface area (Å²) in [6.45, 7) is 2.22. The van der Waals surface area contributed by atoms with Gasteiger partial charge >= 0.3 is 0 Å². The van der Waals surface area contributed by atoms with Gasteiger partial charge < -0.3 is 10.5 Å². The quantitative estimate of drug-likeness (QED) is 0.807. The Kier molecular flexibility index (Phi) is 4.69. The van der Waals surface area contributed by atoms with E-state index in [0.29, 0.717) is 26.3 Å². The van der Waals surface area contributed by atoms with Crippen molar-refractivity contribution >= 4 is 11.6 Å². The molecular formula is C12H15ClN4O. The van der Waals surface area contributed by atoms with Crippen LogP contribution in [0.15, 0.2) is 30.5 Å². The first kappa shape index (κ1) is 13.0. The average Bonchev–Trinajstić information content (AvgIpc) is 2.85. The molecule has 0 spiro atoms. The van der Waals surface area contributed by atoms with Gasteiger partial charge in [0.1, 0.15) is 0 Å². The highest BCUT2D eigenvalue weighted by Gasteiger charge is 1.98. The van der Waals surface area contributed by atoms with E-state index >= 15 is 0 Å². The van der Waals surface area contributed by atoms with Crippen molar-refractivity contribution in [2.24, 2.45) is 5.73 Å². The molecule has 0 radical (unpaired) electrons. The third-order valence-electron chi connectivity index (χ3n) is 2.44. The van der Waals surface area contributed by atoms with Gasteiger partial charge in [-0.2, -0.15) is 0 Å². The summed E-state index contributed by atoms with van der Waals surface area (Å²) < 4.78 is 7.27. The lowest BCUT2D eigenvalue weighted by Crippen LogP contribution is -2.06. The third kappa shape index (κ3) is 3.80. The van der Waals surface area contributed by atoms with Crippen LogP contribution < -0.4 is 5.73 Å². The van der Waals surface area contributed by atoms with E-state index < -0.39 is 0 Å². The molecule has 2 aromatic rings. The Morgan fingerprint density at radius 1 is 1.28 bits per heavy atom. The van der Waals surface area contributed by atoms with Crippen LogP contribution in [-0.2, 0) is 24.4 Å². The molecule has 0 unspecified atom stereocenters. The van der Waals surface area contributed by atoms with Gasteiger partial charge in [-0.15, -0.1) is 5.10 Å². The van der Waals surface area contributed by atoms with Gasteiger partial charge in [0.15, 0.2) is 0 Å². The molecule has 0 bridgehead atoms. The van der Waals surface area contributed by atoms with Gasteiger partial charge in [-0.3, -0.25) is 0 Å². The normalized spacial score (nSPS) is 10.8. The minimum atomic E-state index is 0.408. The number of nitrogens with zero attached hydrogens (tertiary/aromatic N) is 3. The summed E-state index contributed by atoms with van der Waals surface area (Å²) in [6.07, 6.45) is 1.83. The molecule has 0 fully saturated rings. The zero-order valence-corrected chi connectivity index (χ0v) is 10.7. The molecule has 1 aromatic carbocycles. The first-order valence-electron chi connectivity index (χ1n) is 5.69. The maximum atomic E-state index is 5.80. The number of benzene rings is 1. The number of aromatic nitrogens is 3. The van der Waals surface area contributed by atoms with Crippen LogP contribution in [-0.4, -0.2) is 21.6 Å². The zero-order valence-electron chi connectivity index (χ0n) is 9.92. The fourth-order valence-electron chi connectivity index (χ4n) is 1.47. The Bertz CT molecular complexity index is 483. The van der Waals surface area contributed by atoms with E-state index in [2.05, 4.69) is 10.3 Å². The molecule has 6 heteroatoms. The van der Waals surface area contributed by atoms with Crippen LogP contribution >= 0.6 is 11.6 Å². The standard InChI is InChI=1S/C12H15ClN4O/c13-11-3-1-10(2-4-11)9-18-6-5-17-8-12(7-14)15-16-17/h1-4,8H,5-7,9,14H2. The van der Waals surface area contributed by atoms with Crippen molar-refractivity contribution < 1.29 is 4.74 Å². The fourth-order valence-corrected chi connectivity index (χ4v) is 1.60. The van der Waals surface area contributed by atoms with E-state index in [4.69, 9.17) is 22.1 Å². The minimum absolute atomic E-state index is 0.408. The van der Waals surface area contributed by atoms with Crippen LogP contribution in [0.5, 0.6) is 0 Å². The predicted octanol–water partition coefficient (Wildman–Crippen LogP) is 1.61. The summed E-state index contributed by atoms with van der Waals surface area (Å²) in [5.41, 5.74) is 7.33. The highest BCUT2D eigenvalue weighted by atomic mass is 35.5. The van der Waals surface area contributed by atoms with Gasteiger partial charge in [0, 0.05) is 17.8 Å². The largest absolute Gasteiger partial charge is 0.375 e. The Morgan fingerprint density at radius 3 is 2.72 bits per heavy atom. The third-order valence-corrected chi connectivity index (χ3v) is 2.69. The maximum absolute atomic E-state index is 5.80. The van der Waals surface area contributed by atoms with E-state index in [9.17, 15) is 0 Å². The molecule has 2 rings (SSSR count). The number of ether oxygens (including phenoxy) is 1. The smallest absolute Gasteiger partial charge is 0.0962 e. The monoisotopic (exact) mass is 266 g/mol. The lowest BCUT2D eigenvalue weighted by molar-refractivity contribution is 0.110. The van der Waals surface area contributed by atoms with Crippen LogP contribution in [0.4, 0.5) is 0 Å². The van der Waals surface area contributed by atoms with Crippen molar-refractivity contribution in [3.63, 3.8) is 0 Å². The molecular weight excluding hydrogens is 252 g/mol. The molecule has 0 saturated carbocycles. The Hall–Kier alpha value is -1.43. The van der Waals surface area contributed by atoms with Gasteiger partial charge in [-0.1, -0.05) is 28.9 Å². The first-order chi connectivity index (χ1) is 8.78. The average molecular weight is 267 g/mol. The van der Waals surface area contributed by atoms with Crippen molar-refractivity contribution in [1.82, 2.24) is 15.0 Å². The number of rotatable bonds is 6. The molecule has 0 aliphatic carbocycles. The SMILES string of the molecule is NCc1cn(CCOCc2ccc(Cl)cc2)nn1. The molecule has 1 aromatic heterocycles. The fraction of sp³-hybridized carbons (Fsp3) is 0.333. The summed E-state index contributed by atoms with van der Waals surface area (Å²) in [5, 5.41) is 8.56. The highest BCUT2D eigenvalue weighted by molar-refractivity contribution is 6.30. The topological polar surface area (TPSA) is 66.0 Å².